The molecule has 2 nitrogen and oxygen atoms in total. The molecule has 2 unspecified atom stereocenters. The van der Waals surface area contributed by atoms with Crippen molar-refractivity contribution in [2.24, 2.45) is 5.92 Å². The van der Waals surface area contributed by atoms with Crippen molar-refractivity contribution in [1.82, 2.24) is 10.3 Å². The van der Waals surface area contributed by atoms with Crippen LogP contribution in [0, 0.1) is 5.92 Å². The van der Waals surface area contributed by atoms with Crippen LogP contribution < -0.4 is 5.32 Å². The molecule has 2 atom stereocenters. The predicted octanol–water partition coefficient (Wildman–Crippen LogP) is 3.93. The van der Waals surface area contributed by atoms with E-state index in [2.05, 4.69) is 48.4 Å². The number of rotatable bonds is 5. The summed E-state index contributed by atoms with van der Waals surface area (Å²) >= 11 is 0. The molecule has 2 heteroatoms. The minimum Gasteiger partial charge on any atom is -0.313 e. The number of hydrogen-bond donors (Lipinski definition) is 1. The number of para-hydroxylation sites is 1. The van der Waals surface area contributed by atoms with Gasteiger partial charge in [-0.2, -0.15) is 0 Å². The molecule has 2 aromatic rings. The Bertz CT molecular complexity index is 502. The van der Waals surface area contributed by atoms with Crippen molar-refractivity contribution < 1.29 is 0 Å². The third-order valence-electron chi connectivity index (χ3n) is 3.74. The molecule has 2 rings (SSSR count). The van der Waals surface area contributed by atoms with E-state index in [1.54, 1.807) is 0 Å². The molecule has 0 amide bonds. The molecule has 0 fully saturated rings. The second-order valence-corrected chi connectivity index (χ2v) is 5.01. The van der Waals surface area contributed by atoms with Gasteiger partial charge in [0.2, 0.25) is 0 Å². The Balaban J connectivity index is 2.38. The Kier molecular flexibility index (Phi) is 4.32. The van der Waals surface area contributed by atoms with Gasteiger partial charge in [0, 0.05) is 17.6 Å². The number of pyridine rings is 1. The van der Waals surface area contributed by atoms with Gasteiger partial charge in [0.15, 0.2) is 0 Å². The summed E-state index contributed by atoms with van der Waals surface area (Å²) in [6, 6.07) is 10.9. The van der Waals surface area contributed by atoms with E-state index in [1.165, 1.54) is 23.8 Å². The maximum atomic E-state index is 4.43. The highest BCUT2D eigenvalue weighted by atomic mass is 14.9. The fourth-order valence-electron chi connectivity index (χ4n) is 2.39. The molecule has 1 aromatic heterocycles. The van der Waals surface area contributed by atoms with E-state index in [9.17, 15) is 0 Å². The van der Waals surface area contributed by atoms with Crippen LogP contribution in [0.1, 0.15) is 38.3 Å². The largest absolute Gasteiger partial charge is 0.313 e. The average molecular weight is 242 g/mol. The van der Waals surface area contributed by atoms with Gasteiger partial charge in [-0.15, -0.1) is 0 Å². The Morgan fingerprint density at radius 2 is 2.00 bits per heavy atom. The van der Waals surface area contributed by atoms with Crippen molar-refractivity contribution in [3.8, 4) is 0 Å². The fraction of sp³-hybridized carbons (Fsp3) is 0.438. The van der Waals surface area contributed by atoms with Crippen LogP contribution in [-0.2, 0) is 0 Å². The number of aromatic nitrogens is 1. The monoisotopic (exact) mass is 242 g/mol. The van der Waals surface area contributed by atoms with Crippen LogP contribution >= 0.6 is 0 Å². The Labute approximate surface area is 109 Å². The average Bonchev–Trinajstić information content (AvgIpc) is 2.44. The minimum atomic E-state index is 0.410. The van der Waals surface area contributed by atoms with Crippen LogP contribution in [0.5, 0.6) is 0 Å². The number of nitrogens with zero attached hydrogens (tertiary/aromatic N) is 1. The molecule has 0 radical (unpaired) electrons. The molecule has 1 N–H and O–H groups in total. The van der Waals surface area contributed by atoms with Crippen LogP contribution in [0.2, 0.25) is 0 Å². The first kappa shape index (κ1) is 13.0. The van der Waals surface area contributed by atoms with Crippen LogP contribution in [0.3, 0.4) is 0 Å². The molecule has 0 aliphatic heterocycles. The highest BCUT2D eigenvalue weighted by Crippen LogP contribution is 2.27. The SMILES string of the molecule is CCC(C)CC(NC)c1ccnc2ccccc12. The van der Waals surface area contributed by atoms with E-state index < -0.39 is 0 Å². The first-order chi connectivity index (χ1) is 8.76. The molecular weight excluding hydrogens is 220 g/mol. The molecule has 0 aliphatic rings. The topological polar surface area (TPSA) is 24.9 Å². The zero-order chi connectivity index (χ0) is 13.0. The van der Waals surface area contributed by atoms with Gasteiger partial charge in [-0.3, -0.25) is 4.98 Å². The van der Waals surface area contributed by atoms with E-state index in [-0.39, 0.29) is 0 Å². The first-order valence-electron chi connectivity index (χ1n) is 6.77. The molecule has 18 heavy (non-hydrogen) atoms. The predicted molar refractivity (Wildman–Crippen MR) is 77.6 cm³/mol. The third kappa shape index (κ3) is 2.70. The summed E-state index contributed by atoms with van der Waals surface area (Å²) in [5, 5.41) is 4.71. The molecular formula is C16H22N2. The second kappa shape index (κ2) is 5.96. The maximum absolute atomic E-state index is 4.43. The van der Waals surface area contributed by atoms with Gasteiger partial charge in [-0.05, 0) is 37.1 Å². The third-order valence-corrected chi connectivity index (χ3v) is 3.74. The zero-order valence-corrected chi connectivity index (χ0v) is 11.5. The summed E-state index contributed by atoms with van der Waals surface area (Å²) in [5.41, 5.74) is 2.45. The summed E-state index contributed by atoms with van der Waals surface area (Å²) in [7, 11) is 2.04. The highest BCUT2D eigenvalue weighted by molar-refractivity contribution is 5.82. The van der Waals surface area contributed by atoms with Crippen LogP contribution in [0.4, 0.5) is 0 Å². The first-order valence-corrected chi connectivity index (χ1v) is 6.77. The summed E-state index contributed by atoms with van der Waals surface area (Å²) in [6.07, 6.45) is 4.31. The van der Waals surface area contributed by atoms with Gasteiger partial charge < -0.3 is 5.32 Å². The number of hydrogen-bond acceptors (Lipinski definition) is 2. The molecule has 0 aliphatic carbocycles. The summed E-state index contributed by atoms with van der Waals surface area (Å²) in [6.45, 7) is 4.57. The maximum Gasteiger partial charge on any atom is 0.0705 e. The number of benzene rings is 1. The molecule has 1 aromatic carbocycles. The lowest BCUT2D eigenvalue weighted by molar-refractivity contribution is 0.423. The van der Waals surface area contributed by atoms with Crippen LogP contribution in [-0.4, -0.2) is 12.0 Å². The number of fused-ring (bicyclic) bond motifs is 1. The van der Waals surface area contributed by atoms with E-state index >= 15 is 0 Å². The van der Waals surface area contributed by atoms with Crippen molar-refractivity contribution in [3.63, 3.8) is 0 Å². The molecule has 0 bridgehead atoms. The molecule has 0 saturated carbocycles. The van der Waals surface area contributed by atoms with E-state index in [0.29, 0.717) is 6.04 Å². The summed E-state index contributed by atoms with van der Waals surface area (Å²) in [5.74, 6) is 0.731. The van der Waals surface area contributed by atoms with E-state index in [4.69, 9.17) is 0 Å². The molecule has 0 saturated heterocycles. The van der Waals surface area contributed by atoms with Gasteiger partial charge in [-0.1, -0.05) is 38.5 Å². The van der Waals surface area contributed by atoms with Crippen molar-refractivity contribution in [1.29, 1.82) is 0 Å². The lowest BCUT2D eigenvalue weighted by Crippen LogP contribution is -2.19. The standard InChI is InChI=1S/C16H22N2/c1-4-12(2)11-16(17-3)14-9-10-18-15-8-6-5-7-13(14)15/h5-10,12,16-17H,4,11H2,1-3H3. The fourth-order valence-corrected chi connectivity index (χ4v) is 2.39. The summed E-state index contributed by atoms with van der Waals surface area (Å²) in [4.78, 5) is 4.43. The second-order valence-electron chi connectivity index (χ2n) is 5.01. The quantitative estimate of drug-likeness (QED) is 0.859. The molecule has 96 valence electrons. The molecule has 1 heterocycles. The van der Waals surface area contributed by atoms with Gasteiger partial charge in [0.25, 0.3) is 0 Å². The van der Waals surface area contributed by atoms with Gasteiger partial charge in [-0.25, -0.2) is 0 Å². The van der Waals surface area contributed by atoms with E-state index in [0.717, 1.165) is 11.4 Å². The van der Waals surface area contributed by atoms with Crippen LogP contribution in [0.25, 0.3) is 10.9 Å². The zero-order valence-electron chi connectivity index (χ0n) is 11.5. The lowest BCUT2D eigenvalue weighted by atomic mass is 9.92. The smallest absolute Gasteiger partial charge is 0.0705 e. The Hall–Kier alpha value is -1.41. The normalized spacial score (nSPS) is 14.6. The Morgan fingerprint density at radius 1 is 1.22 bits per heavy atom. The Morgan fingerprint density at radius 3 is 2.72 bits per heavy atom. The molecule has 0 spiro atoms. The number of nitrogens with one attached hydrogen (secondary N) is 1. The van der Waals surface area contributed by atoms with Gasteiger partial charge in [0.1, 0.15) is 0 Å². The minimum absolute atomic E-state index is 0.410. The van der Waals surface area contributed by atoms with Gasteiger partial charge >= 0.3 is 0 Å². The summed E-state index contributed by atoms with van der Waals surface area (Å²) < 4.78 is 0. The highest BCUT2D eigenvalue weighted by Gasteiger charge is 2.15. The van der Waals surface area contributed by atoms with Crippen molar-refractivity contribution in [2.45, 2.75) is 32.7 Å². The lowest BCUT2D eigenvalue weighted by Gasteiger charge is -2.21. The van der Waals surface area contributed by atoms with Crippen LogP contribution in [0.15, 0.2) is 36.5 Å². The van der Waals surface area contributed by atoms with E-state index in [1.807, 2.05) is 19.3 Å². The van der Waals surface area contributed by atoms with Crippen molar-refractivity contribution >= 4 is 10.9 Å². The van der Waals surface area contributed by atoms with Crippen molar-refractivity contribution in [3.05, 3.63) is 42.1 Å². The van der Waals surface area contributed by atoms with Crippen molar-refractivity contribution in [2.75, 3.05) is 7.05 Å². The van der Waals surface area contributed by atoms with Gasteiger partial charge in [0.05, 0.1) is 5.52 Å².